The fraction of sp³-hybridized carbons (Fsp3) is 0.571. The van der Waals surface area contributed by atoms with E-state index >= 15 is 0 Å². The smallest absolute Gasteiger partial charge is 0.0756 e. The van der Waals surface area contributed by atoms with Gasteiger partial charge in [0.2, 0.25) is 0 Å². The Bertz CT molecular complexity index is 348. The van der Waals surface area contributed by atoms with Gasteiger partial charge in [-0.25, -0.2) is 0 Å². The third-order valence-corrected chi connectivity index (χ3v) is 4.14. The van der Waals surface area contributed by atoms with Gasteiger partial charge in [-0.1, -0.05) is 24.3 Å². The van der Waals surface area contributed by atoms with Gasteiger partial charge in [0.15, 0.2) is 0 Å². The lowest BCUT2D eigenvalue weighted by Crippen LogP contribution is -2.32. The van der Waals surface area contributed by atoms with Crippen molar-refractivity contribution in [1.29, 1.82) is 0 Å². The van der Waals surface area contributed by atoms with Crippen LogP contribution < -0.4 is 0 Å². The number of allylic oxidation sites excluding steroid dienone is 5. The monoisotopic (exact) mass is 202 g/mol. The highest BCUT2D eigenvalue weighted by molar-refractivity contribution is 5.38. The molecule has 3 aliphatic rings. The zero-order valence-electron chi connectivity index (χ0n) is 9.02. The van der Waals surface area contributed by atoms with Crippen LogP contribution in [0.5, 0.6) is 0 Å². The standard InChI is InChI=1S/C14H18O/c15-14-7-3-6-12-11-5-2-1-4-10(11)8-9-13(12)14/h1,4,8-9,11-12,14-15H,2-3,5-7H2. The molecule has 0 saturated heterocycles. The summed E-state index contributed by atoms with van der Waals surface area (Å²) in [6.07, 6.45) is 14.7. The normalized spacial score (nSPS) is 38.9. The molecule has 1 nitrogen and oxygen atoms in total. The van der Waals surface area contributed by atoms with Crippen LogP contribution >= 0.6 is 0 Å². The Kier molecular flexibility index (Phi) is 2.28. The second kappa shape index (κ2) is 3.64. The van der Waals surface area contributed by atoms with E-state index in [4.69, 9.17) is 0 Å². The highest BCUT2D eigenvalue weighted by Crippen LogP contribution is 2.44. The van der Waals surface area contributed by atoms with Crippen molar-refractivity contribution >= 4 is 0 Å². The van der Waals surface area contributed by atoms with Crippen LogP contribution in [0.1, 0.15) is 32.1 Å². The van der Waals surface area contributed by atoms with Crippen LogP contribution in [0.4, 0.5) is 0 Å². The summed E-state index contributed by atoms with van der Waals surface area (Å²) in [5.74, 6) is 1.34. The number of fused-ring (bicyclic) bond motifs is 3. The summed E-state index contributed by atoms with van der Waals surface area (Å²) in [4.78, 5) is 0. The van der Waals surface area contributed by atoms with Crippen LogP contribution in [0.2, 0.25) is 0 Å². The molecule has 1 saturated carbocycles. The minimum atomic E-state index is -0.160. The summed E-state index contributed by atoms with van der Waals surface area (Å²) >= 11 is 0. The Morgan fingerprint density at radius 1 is 1.07 bits per heavy atom. The molecule has 3 atom stereocenters. The predicted molar refractivity (Wildman–Crippen MR) is 61.4 cm³/mol. The van der Waals surface area contributed by atoms with E-state index in [1.807, 2.05) is 0 Å². The molecule has 0 bridgehead atoms. The van der Waals surface area contributed by atoms with Gasteiger partial charge in [0.05, 0.1) is 6.10 Å². The van der Waals surface area contributed by atoms with Crippen LogP contribution in [0.25, 0.3) is 0 Å². The fourth-order valence-corrected chi connectivity index (χ4v) is 3.37. The lowest BCUT2D eigenvalue weighted by molar-refractivity contribution is 0.144. The van der Waals surface area contributed by atoms with E-state index in [1.165, 1.54) is 36.8 Å². The van der Waals surface area contributed by atoms with E-state index in [0.717, 1.165) is 6.42 Å². The Labute approximate surface area is 91.2 Å². The lowest BCUT2D eigenvalue weighted by Gasteiger charge is -2.39. The molecular weight excluding hydrogens is 184 g/mol. The van der Waals surface area contributed by atoms with Crippen LogP contribution in [0.15, 0.2) is 35.5 Å². The zero-order chi connectivity index (χ0) is 10.3. The maximum Gasteiger partial charge on any atom is 0.0756 e. The van der Waals surface area contributed by atoms with Gasteiger partial charge in [-0.3, -0.25) is 0 Å². The molecule has 1 heteroatoms. The first-order chi connectivity index (χ1) is 7.36. The molecule has 80 valence electrons. The zero-order valence-corrected chi connectivity index (χ0v) is 9.02. The number of aliphatic hydroxyl groups is 1. The topological polar surface area (TPSA) is 20.2 Å². The van der Waals surface area contributed by atoms with Gasteiger partial charge in [-0.15, -0.1) is 0 Å². The summed E-state index contributed by atoms with van der Waals surface area (Å²) in [7, 11) is 0. The molecule has 1 fully saturated rings. The highest BCUT2D eigenvalue weighted by Gasteiger charge is 2.35. The van der Waals surface area contributed by atoms with Crippen molar-refractivity contribution in [2.45, 2.75) is 38.2 Å². The van der Waals surface area contributed by atoms with Gasteiger partial charge >= 0.3 is 0 Å². The summed E-state index contributed by atoms with van der Waals surface area (Å²) in [5.41, 5.74) is 2.80. The lowest BCUT2D eigenvalue weighted by atomic mass is 9.67. The predicted octanol–water partition coefficient (Wildman–Crippen LogP) is 2.98. The van der Waals surface area contributed by atoms with Crippen molar-refractivity contribution in [3.8, 4) is 0 Å². The second-order valence-corrected chi connectivity index (χ2v) is 4.97. The molecule has 1 N–H and O–H groups in total. The molecule has 0 aliphatic heterocycles. The number of rotatable bonds is 0. The van der Waals surface area contributed by atoms with Gasteiger partial charge < -0.3 is 5.11 Å². The Morgan fingerprint density at radius 2 is 2.00 bits per heavy atom. The first-order valence-electron chi connectivity index (χ1n) is 6.12. The van der Waals surface area contributed by atoms with Gasteiger partial charge in [0.1, 0.15) is 0 Å². The quantitative estimate of drug-likeness (QED) is 0.640. The summed E-state index contributed by atoms with van der Waals surface area (Å²) in [6.45, 7) is 0. The summed E-state index contributed by atoms with van der Waals surface area (Å²) in [6, 6.07) is 0. The van der Waals surface area contributed by atoms with E-state index in [2.05, 4.69) is 24.3 Å². The molecule has 3 unspecified atom stereocenters. The van der Waals surface area contributed by atoms with Crippen molar-refractivity contribution < 1.29 is 5.11 Å². The van der Waals surface area contributed by atoms with Crippen LogP contribution in [0.3, 0.4) is 0 Å². The fourth-order valence-electron chi connectivity index (χ4n) is 3.37. The third kappa shape index (κ3) is 1.50. The van der Waals surface area contributed by atoms with Crippen molar-refractivity contribution in [2.75, 3.05) is 0 Å². The average molecular weight is 202 g/mol. The molecule has 0 spiro atoms. The number of hydrogen-bond acceptors (Lipinski definition) is 1. The minimum Gasteiger partial charge on any atom is -0.389 e. The van der Waals surface area contributed by atoms with Gasteiger partial charge in [0.25, 0.3) is 0 Å². The van der Waals surface area contributed by atoms with Gasteiger partial charge in [-0.05, 0) is 55.1 Å². The van der Waals surface area contributed by atoms with E-state index in [1.54, 1.807) is 0 Å². The molecule has 0 amide bonds. The summed E-state index contributed by atoms with van der Waals surface area (Å²) in [5, 5.41) is 9.98. The first kappa shape index (κ1) is 9.41. The minimum absolute atomic E-state index is 0.160. The highest BCUT2D eigenvalue weighted by atomic mass is 16.3. The molecular formula is C14H18O. The van der Waals surface area contributed by atoms with E-state index in [9.17, 15) is 5.11 Å². The molecule has 15 heavy (non-hydrogen) atoms. The Morgan fingerprint density at radius 3 is 2.93 bits per heavy atom. The first-order valence-corrected chi connectivity index (χ1v) is 6.12. The number of hydrogen-bond donors (Lipinski definition) is 1. The van der Waals surface area contributed by atoms with Crippen molar-refractivity contribution in [2.24, 2.45) is 11.8 Å². The third-order valence-electron chi connectivity index (χ3n) is 4.14. The summed E-state index contributed by atoms with van der Waals surface area (Å²) < 4.78 is 0. The molecule has 0 radical (unpaired) electrons. The van der Waals surface area contributed by atoms with Crippen molar-refractivity contribution in [3.63, 3.8) is 0 Å². The molecule has 0 aromatic rings. The largest absolute Gasteiger partial charge is 0.389 e. The van der Waals surface area contributed by atoms with Gasteiger partial charge in [0, 0.05) is 0 Å². The van der Waals surface area contributed by atoms with E-state index in [-0.39, 0.29) is 6.10 Å². The molecule has 0 aromatic heterocycles. The van der Waals surface area contributed by atoms with Crippen LogP contribution in [0, 0.1) is 11.8 Å². The molecule has 0 aromatic carbocycles. The second-order valence-electron chi connectivity index (χ2n) is 4.97. The van der Waals surface area contributed by atoms with Crippen molar-refractivity contribution in [3.05, 3.63) is 35.5 Å². The maximum absolute atomic E-state index is 9.98. The van der Waals surface area contributed by atoms with Gasteiger partial charge in [-0.2, -0.15) is 0 Å². The molecule has 3 aliphatic carbocycles. The van der Waals surface area contributed by atoms with E-state index < -0.39 is 0 Å². The maximum atomic E-state index is 9.98. The van der Waals surface area contributed by atoms with Crippen molar-refractivity contribution in [1.82, 2.24) is 0 Å². The van der Waals surface area contributed by atoms with Crippen LogP contribution in [-0.4, -0.2) is 11.2 Å². The van der Waals surface area contributed by atoms with Crippen LogP contribution in [-0.2, 0) is 0 Å². The Hall–Kier alpha value is -0.820. The number of aliphatic hydroxyl groups excluding tert-OH is 1. The molecule has 0 heterocycles. The average Bonchev–Trinajstić information content (AvgIpc) is 2.29. The SMILES string of the molecule is OC1CCCC2C1=CC=C1C=CCCC12. The Balaban J connectivity index is 1.97. The van der Waals surface area contributed by atoms with E-state index in [0.29, 0.717) is 11.8 Å². The molecule has 3 rings (SSSR count).